The van der Waals surface area contributed by atoms with Gasteiger partial charge in [-0.25, -0.2) is 0 Å². The van der Waals surface area contributed by atoms with Gasteiger partial charge < -0.3 is 10.5 Å². The van der Waals surface area contributed by atoms with E-state index >= 15 is 0 Å². The Labute approximate surface area is 116 Å². The highest BCUT2D eigenvalue weighted by Crippen LogP contribution is 2.12. The van der Waals surface area contributed by atoms with Gasteiger partial charge in [-0.15, -0.1) is 0 Å². The summed E-state index contributed by atoms with van der Waals surface area (Å²) in [5, 5.41) is 0. The Hall–Kier alpha value is -0.900. The van der Waals surface area contributed by atoms with Crippen LogP contribution < -0.4 is 5.73 Å². The second kappa shape index (κ2) is 6.51. The van der Waals surface area contributed by atoms with Crippen LogP contribution in [-0.4, -0.2) is 43.3 Å². The summed E-state index contributed by atoms with van der Waals surface area (Å²) in [6.45, 7) is 9.16. The monoisotopic (exact) mass is 262 g/mol. The van der Waals surface area contributed by atoms with E-state index in [9.17, 15) is 0 Å². The van der Waals surface area contributed by atoms with Crippen molar-refractivity contribution in [2.45, 2.75) is 32.2 Å². The highest BCUT2D eigenvalue weighted by molar-refractivity contribution is 5.24. The molecule has 0 bridgehead atoms. The molecule has 1 heterocycles. The molecule has 2 rings (SSSR count). The van der Waals surface area contributed by atoms with Crippen LogP contribution in [0.1, 0.15) is 25.0 Å². The van der Waals surface area contributed by atoms with Crippen LogP contribution in [0.2, 0.25) is 0 Å². The molecule has 2 N–H and O–H groups in total. The molecule has 0 aromatic heterocycles. The maximum Gasteiger partial charge on any atom is 0.0594 e. The van der Waals surface area contributed by atoms with Crippen molar-refractivity contribution in [2.75, 3.05) is 32.8 Å². The van der Waals surface area contributed by atoms with Crippen LogP contribution in [0.4, 0.5) is 0 Å². The van der Waals surface area contributed by atoms with E-state index in [0.29, 0.717) is 0 Å². The van der Waals surface area contributed by atoms with Gasteiger partial charge in [-0.3, -0.25) is 4.90 Å². The summed E-state index contributed by atoms with van der Waals surface area (Å²) in [4.78, 5) is 2.47. The molecule has 0 saturated carbocycles. The van der Waals surface area contributed by atoms with E-state index in [-0.39, 0.29) is 5.54 Å². The Balaban J connectivity index is 1.81. The maximum absolute atomic E-state index is 6.04. The van der Waals surface area contributed by atoms with Gasteiger partial charge in [0.2, 0.25) is 0 Å². The highest BCUT2D eigenvalue weighted by atomic mass is 16.5. The molecule has 106 valence electrons. The first-order chi connectivity index (χ1) is 9.03. The van der Waals surface area contributed by atoms with Crippen LogP contribution in [-0.2, 0) is 17.6 Å². The molecule has 0 radical (unpaired) electrons. The maximum atomic E-state index is 6.04. The predicted octanol–water partition coefficient (Wildman–Crippen LogP) is 1.84. The number of ether oxygens (including phenoxy) is 1. The lowest BCUT2D eigenvalue weighted by Crippen LogP contribution is -2.37. The fourth-order valence-corrected chi connectivity index (χ4v) is 2.46. The molecule has 1 aromatic carbocycles. The van der Waals surface area contributed by atoms with Gasteiger partial charge in [-0.05, 0) is 37.8 Å². The molecule has 0 amide bonds. The highest BCUT2D eigenvalue weighted by Gasteiger charge is 2.12. The first-order valence-corrected chi connectivity index (χ1v) is 7.20. The first-order valence-electron chi connectivity index (χ1n) is 7.20. The van der Waals surface area contributed by atoms with Crippen LogP contribution in [0.25, 0.3) is 0 Å². The molecule has 3 nitrogen and oxygen atoms in total. The van der Waals surface area contributed by atoms with Gasteiger partial charge in [0.15, 0.2) is 0 Å². The molecule has 0 unspecified atom stereocenters. The molecule has 1 aliphatic rings. The SMILES string of the molecule is CC(C)(N)Cc1ccc(CCN2CCOCC2)cc1. The zero-order valence-corrected chi connectivity index (χ0v) is 12.2. The molecular formula is C16H26N2O. The molecule has 0 aliphatic carbocycles. The van der Waals surface area contributed by atoms with Crippen LogP contribution >= 0.6 is 0 Å². The summed E-state index contributed by atoms with van der Waals surface area (Å²) in [6, 6.07) is 8.90. The number of benzene rings is 1. The third-order valence-corrected chi connectivity index (χ3v) is 3.50. The topological polar surface area (TPSA) is 38.5 Å². The number of nitrogens with zero attached hydrogens (tertiary/aromatic N) is 1. The van der Waals surface area contributed by atoms with E-state index in [1.165, 1.54) is 11.1 Å². The Bertz CT molecular complexity index is 375. The van der Waals surface area contributed by atoms with Gasteiger partial charge in [-0.1, -0.05) is 24.3 Å². The van der Waals surface area contributed by atoms with E-state index in [4.69, 9.17) is 10.5 Å². The molecule has 3 heteroatoms. The molecule has 1 aliphatic heterocycles. The van der Waals surface area contributed by atoms with Crippen molar-refractivity contribution >= 4 is 0 Å². The first kappa shape index (κ1) is 14.5. The number of rotatable bonds is 5. The van der Waals surface area contributed by atoms with Crippen LogP contribution in [0, 0.1) is 0 Å². The minimum atomic E-state index is -0.130. The summed E-state index contributed by atoms with van der Waals surface area (Å²) in [6.07, 6.45) is 2.04. The molecular weight excluding hydrogens is 236 g/mol. The van der Waals surface area contributed by atoms with Crippen LogP contribution in [0.15, 0.2) is 24.3 Å². The van der Waals surface area contributed by atoms with Crippen molar-refractivity contribution in [1.29, 1.82) is 0 Å². The van der Waals surface area contributed by atoms with Gasteiger partial charge in [0.25, 0.3) is 0 Å². The number of nitrogens with two attached hydrogens (primary N) is 1. The molecule has 1 aromatic rings. The van der Waals surface area contributed by atoms with Crippen LogP contribution in [0.5, 0.6) is 0 Å². The van der Waals surface area contributed by atoms with Crippen molar-refractivity contribution in [3.05, 3.63) is 35.4 Å². The van der Waals surface area contributed by atoms with E-state index in [0.717, 1.165) is 45.7 Å². The molecule has 19 heavy (non-hydrogen) atoms. The van der Waals surface area contributed by atoms with Crippen molar-refractivity contribution < 1.29 is 4.74 Å². The quantitative estimate of drug-likeness (QED) is 0.880. The minimum absolute atomic E-state index is 0.130. The van der Waals surface area contributed by atoms with Crippen molar-refractivity contribution in [2.24, 2.45) is 5.73 Å². The standard InChI is InChI=1S/C16H26N2O/c1-16(2,17)13-15-5-3-14(4-6-15)7-8-18-9-11-19-12-10-18/h3-6H,7-13,17H2,1-2H3. The lowest BCUT2D eigenvalue weighted by Gasteiger charge is -2.26. The molecule has 0 atom stereocenters. The Morgan fingerprint density at radius 2 is 1.68 bits per heavy atom. The number of hydrogen-bond donors (Lipinski definition) is 1. The average Bonchev–Trinajstić information content (AvgIpc) is 2.37. The minimum Gasteiger partial charge on any atom is -0.379 e. The van der Waals surface area contributed by atoms with E-state index in [1.54, 1.807) is 0 Å². The van der Waals surface area contributed by atoms with Crippen LogP contribution in [0.3, 0.4) is 0 Å². The summed E-state index contributed by atoms with van der Waals surface area (Å²) < 4.78 is 5.36. The zero-order valence-electron chi connectivity index (χ0n) is 12.2. The summed E-state index contributed by atoms with van der Waals surface area (Å²) in [5.41, 5.74) is 8.64. The van der Waals surface area contributed by atoms with Gasteiger partial charge in [0, 0.05) is 25.2 Å². The number of hydrogen-bond acceptors (Lipinski definition) is 3. The second-order valence-corrected chi connectivity index (χ2v) is 6.19. The Kier molecular flexibility index (Phi) is 4.97. The van der Waals surface area contributed by atoms with Gasteiger partial charge in [0.1, 0.15) is 0 Å². The Morgan fingerprint density at radius 1 is 1.11 bits per heavy atom. The smallest absolute Gasteiger partial charge is 0.0594 e. The van der Waals surface area contributed by atoms with Gasteiger partial charge in [-0.2, -0.15) is 0 Å². The average molecular weight is 262 g/mol. The van der Waals surface area contributed by atoms with E-state index in [2.05, 4.69) is 43.0 Å². The fraction of sp³-hybridized carbons (Fsp3) is 0.625. The zero-order chi connectivity index (χ0) is 13.7. The molecule has 1 fully saturated rings. The third kappa shape index (κ3) is 5.31. The van der Waals surface area contributed by atoms with Gasteiger partial charge in [0.05, 0.1) is 13.2 Å². The fourth-order valence-electron chi connectivity index (χ4n) is 2.46. The molecule has 0 spiro atoms. The van der Waals surface area contributed by atoms with E-state index in [1.807, 2.05) is 0 Å². The third-order valence-electron chi connectivity index (χ3n) is 3.50. The van der Waals surface area contributed by atoms with Gasteiger partial charge >= 0.3 is 0 Å². The summed E-state index contributed by atoms with van der Waals surface area (Å²) in [5.74, 6) is 0. The largest absolute Gasteiger partial charge is 0.379 e. The lowest BCUT2D eigenvalue weighted by molar-refractivity contribution is 0.0384. The van der Waals surface area contributed by atoms with Crippen molar-refractivity contribution in [3.63, 3.8) is 0 Å². The molecule has 1 saturated heterocycles. The van der Waals surface area contributed by atoms with E-state index < -0.39 is 0 Å². The lowest BCUT2D eigenvalue weighted by atomic mass is 9.95. The second-order valence-electron chi connectivity index (χ2n) is 6.19. The van der Waals surface area contributed by atoms with Crippen molar-refractivity contribution in [3.8, 4) is 0 Å². The van der Waals surface area contributed by atoms with Crippen molar-refractivity contribution in [1.82, 2.24) is 4.90 Å². The normalized spacial score (nSPS) is 17.6. The number of morpholine rings is 1. The summed E-state index contributed by atoms with van der Waals surface area (Å²) >= 11 is 0. The summed E-state index contributed by atoms with van der Waals surface area (Å²) in [7, 11) is 0. The Morgan fingerprint density at radius 3 is 2.26 bits per heavy atom. The predicted molar refractivity (Wildman–Crippen MR) is 79.4 cm³/mol.